The van der Waals surface area contributed by atoms with Gasteiger partial charge in [-0.1, -0.05) is 0 Å². The highest BCUT2D eigenvalue weighted by molar-refractivity contribution is 5.81. The highest BCUT2D eigenvalue weighted by atomic mass is 16.5. The van der Waals surface area contributed by atoms with Crippen LogP contribution < -0.4 is 4.74 Å². The van der Waals surface area contributed by atoms with Crippen LogP contribution in [0.25, 0.3) is 0 Å². The summed E-state index contributed by atoms with van der Waals surface area (Å²) in [5, 5.41) is 17.6. The first-order valence-electron chi connectivity index (χ1n) is 4.75. The molecular formula is C11H9NO5. The predicted molar refractivity (Wildman–Crippen MR) is 55.9 cm³/mol. The van der Waals surface area contributed by atoms with Gasteiger partial charge in [0.15, 0.2) is 5.76 Å². The number of hydrogen-bond donors (Lipinski definition) is 2. The Labute approximate surface area is 96.1 Å². The number of phenols is 1. The molecule has 0 amide bonds. The molecule has 2 aromatic rings. The summed E-state index contributed by atoms with van der Waals surface area (Å²) in [6.07, 6.45) is 1.30. The monoisotopic (exact) mass is 235 g/mol. The van der Waals surface area contributed by atoms with Crippen LogP contribution in [0.15, 0.2) is 34.9 Å². The topological polar surface area (TPSA) is 92.8 Å². The lowest BCUT2D eigenvalue weighted by molar-refractivity contribution is 0.0649. The Morgan fingerprint density at radius 1 is 1.35 bits per heavy atom. The van der Waals surface area contributed by atoms with Crippen LogP contribution in [-0.4, -0.2) is 21.2 Å². The van der Waals surface area contributed by atoms with E-state index in [1.54, 1.807) is 12.1 Å². The van der Waals surface area contributed by atoms with Gasteiger partial charge in [0.05, 0.1) is 6.20 Å². The summed E-state index contributed by atoms with van der Waals surface area (Å²) in [6.45, 7) is 0.0745. The molecule has 1 aromatic heterocycles. The summed E-state index contributed by atoms with van der Waals surface area (Å²) in [7, 11) is 0. The summed E-state index contributed by atoms with van der Waals surface area (Å²) >= 11 is 0. The molecule has 0 saturated heterocycles. The summed E-state index contributed by atoms with van der Waals surface area (Å²) < 4.78 is 10.2. The number of aromatic nitrogens is 1. The molecule has 0 unspecified atom stereocenters. The lowest BCUT2D eigenvalue weighted by atomic mass is 10.3. The van der Waals surface area contributed by atoms with Gasteiger partial charge in [-0.05, 0) is 24.3 Å². The van der Waals surface area contributed by atoms with E-state index in [0.717, 1.165) is 0 Å². The van der Waals surface area contributed by atoms with Gasteiger partial charge >= 0.3 is 11.9 Å². The zero-order valence-corrected chi connectivity index (χ0v) is 8.66. The standard InChI is InChI=1S/C11H9NO5/c13-7-1-3-8(4-2-7)16-6-9-5-12-10(17-9)11(14)15/h1-5,13H,6H2,(H,14,15). The van der Waals surface area contributed by atoms with Crippen molar-refractivity contribution in [2.75, 3.05) is 0 Å². The number of aromatic hydroxyl groups is 1. The number of rotatable bonds is 4. The Hall–Kier alpha value is -2.50. The van der Waals surface area contributed by atoms with Crippen LogP contribution in [0.1, 0.15) is 16.4 Å². The van der Waals surface area contributed by atoms with E-state index in [2.05, 4.69) is 4.98 Å². The second-order valence-corrected chi connectivity index (χ2v) is 3.22. The van der Waals surface area contributed by atoms with Gasteiger partial charge in [0.1, 0.15) is 18.1 Å². The van der Waals surface area contributed by atoms with E-state index in [0.29, 0.717) is 11.5 Å². The van der Waals surface area contributed by atoms with Crippen molar-refractivity contribution >= 4 is 5.97 Å². The average molecular weight is 235 g/mol. The van der Waals surface area contributed by atoms with E-state index < -0.39 is 5.97 Å². The first-order valence-corrected chi connectivity index (χ1v) is 4.75. The van der Waals surface area contributed by atoms with Crippen LogP contribution in [0.4, 0.5) is 0 Å². The molecule has 0 aliphatic carbocycles. The van der Waals surface area contributed by atoms with E-state index in [1.807, 2.05) is 0 Å². The Bertz CT molecular complexity index is 517. The molecule has 0 atom stereocenters. The average Bonchev–Trinajstić information content (AvgIpc) is 2.77. The van der Waals surface area contributed by atoms with Crippen LogP contribution in [0, 0.1) is 0 Å². The zero-order chi connectivity index (χ0) is 12.3. The molecule has 2 rings (SSSR count). The largest absolute Gasteiger partial charge is 0.508 e. The first-order chi connectivity index (χ1) is 8.15. The molecule has 6 heteroatoms. The lowest BCUT2D eigenvalue weighted by Crippen LogP contribution is -1.95. The number of oxazole rings is 1. The molecule has 0 aliphatic rings. The minimum Gasteiger partial charge on any atom is -0.508 e. The van der Waals surface area contributed by atoms with Gasteiger partial charge in [-0.15, -0.1) is 0 Å². The van der Waals surface area contributed by atoms with E-state index >= 15 is 0 Å². The Kier molecular flexibility index (Phi) is 2.95. The van der Waals surface area contributed by atoms with E-state index in [1.165, 1.54) is 18.3 Å². The third-order valence-electron chi connectivity index (χ3n) is 1.95. The first kappa shape index (κ1) is 11.0. The van der Waals surface area contributed by atoms with Crippen LogP contribution >= 0.6 is 0 Å². The number of carbonyl (C=O) groups is 1. The van der Waals surface area contributed by atoms with Gasteiger partial charge in [0.2, 0.25) is 0 Å². The quantitative estimate of drug-likeness (QED) is 0.837. The summed E-state index contributed by atoms with van der Waals surface area (Å²) in [5.74, 6) is -0.591. The minimum atomic E-state index is -1.22. The van der Waals surface area contributed by atoms with Crippen LogP contribution in [-0.2, 0) is 6.61 Å². The fourth-order valence-electron chi connectivity index (χ4n) is 1.17. The Balaban J connectivity index is 1.97. The molecule has 2 N–H and O–H groups in total. The summed E-state index contributed by atoms with van der Waals surface area (Å²) in [6, 6.07) is 6.14. The molecule has 1 aromatic carbocycles. The fourth-order valence-corrected chi connectivity index (χ4v) is 1.17. The summed E-state index contributed by atoms with van der Waals surface area (Å²) in [5.41, 5.74) is 0. The highest BCUT2D eigenvalue weighted by Gasteiger charge is 2.11. The van der Waals surface area contributed by atoms with Gasteiger partial charge in [-0.3, -0.25) is 0 Å². The van der Waals surface area contributed by atoms with Crippen LogP contribution in [0.3, 0.4) is 0 Å². The molecule has 88 valence electrons. The van der Waals surface area contributed by atoms with Crippen LogP contribution in [0.5, 0.6) is 11.5 Å². The van der Waals surface area contributed by atoms with Crippen molar-refractivity contribution in [3.63, 3.8) is 0 Å². The van der Waals surface area contributed by atoms with Gasteiger partial charge in [-0.25, -0.2) is 9.78 Å². The van der Waals surface area contributed by atoms with Crippen molar-refractivity contribution in [3.05, 3.63) is 42.1 Å². The maximum Gasteiger partial charge on any atom is 0.392 e. The maximum atomic E-state index is 10.5. The normalized spacial score (nSPS) is 10.1. The van der Waals surface area contributed by atoms with Crippen molar-refractivity contribution < 1.29 is 24.2 Å². The van der Waals surface area contributed by atoms with Crippen molar-refractivity contribution in [2.45, 2.75) is 6.61 Å². The van der Waals surface area contributed by atoms with Crippen molar-refractivity contribution in [1.82, 2.24) is 4.98 Å². The third kappa shape index (κ3) is 2.75. The van der Waals surface area contributed by atoms with Gasteiger partial charge in [0, 0.05) is 0 Å². The summed E-state index contributed by atoms with van der Waals surface area (Å²) in [4.78, 5) is 14.1. The second kappa shape index (κ2) is 4.56. The molecule has 0 aliphatic heterocycles. The molecule has 1 heterocycles. The Morgan fingerprint density at radius 3 is 2.65 bits per heavy atom. The molecule has 0 radical (unpaired) electrons. The molecule has 17 heavy (non-hydrogen) atoms. The number of benzene rings is 1. The van der Waals surface area contributed by atoms with Crippen molar-refractivity contribution in [1.29, 1.82) is 0 Å². The van der Waals surface area contributed by atoms with E-state index in [9.17, 15) is 4.79 Å². The Morgan fingerprint density at radius 2 is 2.06 bits per heavy atom. The molecule has 0 fully saturated rings. The molecule has 0 spiro atoms. The van der Waals surface area contributed by atoms with E-state index in [4.69, 9.17) is 19.4 Å². The SMILES string of the molecule is O=C(O)c1ncc(COc2ccc(O)cc2)o1. The van der Waals surface area contributed by atoms with Crippen LogP contribution in [0.2, 0.25) is 0 Å². The third-order valence-corrected chi connectivity index (χ3v) is 1.95. The van der Waals surface area contributed by atoms with Crippen molar-refractivity contribution in [3.8, 4) is 11.5 Å². The number of hydrogen-bond acceptors (Lipinski definition) is 5. The highest BCUT2D eigenvalue weighted by Crippen LogP contribution is 2.17. The van der Waals surface area contributed by atoms with E-state index in [-0.39, 0.29) is 18.2 Å². The van der Waals surface area contributed by atoms with Crippen molar-refractivity contribution in [2.24, 2.45) is 0 Å². The second-order valence-electron chi connectivity index (χ2n) is 3.22. The zero-order valence-electron chi connectivity index (χ0n) is 8.66. The number of phenolic OH excluding ortho intramolecular Hbond substituents is 1. The fraction of sp³-hybridized carbons (Fsp3) is 0.0909. The number of aromatic carboxylic acids is 1. The number of carboxylic acids is 1. The van der Waals surface area contributed by atoms with Gasteiger partial charge < -0.3 is 19.4 Å². The molecule has 0 bridgehead atoms. The molecule has 6 nitrogen and oxygen atoms in total. The minimum absolute atomic E-state index is 0.0745. The maximum absolute atomic E-state index is 10.5. The number of ether oxygens (including phenoxy) is 1. The lowest BCUT2D eigenvalue weighted by Gasteiger charge is -2.03. The molecule has 0 saturated carbocycles. The predicted octanol–water partition coefficient (Wildman–Crippen LogP) is 1.66. The van der Waals surface area contributed by atoms with Gasteiger partial charge in [0.25, 0.3) is 0 Å². The molecular weight excluding hydrogens is 226 g/mol. The smallest absolute Gasteiger partial charge is 0.392 e. The number of carboxylic acid groups (broad SMARTS) is 1. The number of nitrogens with zero attached hydrogens (tertiary/aromatic N) is 1. The van der Waals surface area contributed by atoms with Gasteiger partial charge in [-0.2, -0.15) is 0 Å².